The molecule has 0 spiro atoms. The molecule has 0 aliphatic heterocycles. The van der Waals surface area contributed by atoms with Crippen molar-refractivity contribution in [3.05, 3.63) is 101 Å². The molecule has 0 aliphatic rings. The van der Waals surface area contributed by atoms with Crippen molar-refractivity contribution in [1.29, 1.82) is 0 Å². The van der Waals surface area contributed by atoms with E-state index in [0.717, 1.165) is 5.56 Å². The van der Waals surface area contributed by atoms with Crippen molar-refractivity contribution in [2.24, 2.45) is 5.92 Å². The molecule has 0 aromatic heterocycles. The largest absolute Gasteiger partial charge is 0.497 e. The Morgan fingerprint density at radius 2 is 1.51 bits per heavy atom. The van der Waals surface area contributed by atoms with Crippen molar-refractivity contribution in [1.82, 2.24) is 16.0 Å². The van der Waals surface area contributed by atoms with Crippen molar-refractivity contribution in [3.63, 3.8) is 0 Å². The Balaban J connectivity index is 1.90. The average Bonchev–Trinajstić information content (AvgIpc) is 3.01. The lowest BCUT2D eigenvalue weighted by molar-refractivity contribution is -0.175. The number of alkyl halides is 3. The third kappa shape index (κ3) is 10.3. The number of benzene rings is 3. The summed E-state index contributed by atoms with van der Waals surface area (Å²) >= 11 is 6.01. The lowest BCUT2D eigenvalue weighted by Gasteiger charge is -2.27. The number of hydrogen-bond acceptors (Lipinski definition) is 6. The number of nitrogens with one attached hydrogen (secondary N) is 3. The molecule has 0 aliphatic carbocycles. The molecule has 3 N–H and O–H groups in total. The number of carbonyl (C=O) groups is 4. The summed E-state index contributed by atoms with van der Waals surface area (Å²) in [5.74, 6) is -5.26. The van der Waals surface area contributed by atoms with Crippen LogP contribution >= 0.6 is 11.6 Å². The molecule has 0 saturated heterocycles. The van der Waals surface area contributed by atoms with Gasteiger partial charge in [-0.3, -0.25) is 19.2 Å². The van der Waals surface area contributed by atoms with Gasteiger partial charge in [-0.2, -0.15) is 13.2 Å². The van der Waals surface area contributed by atoms with E-state index in [2.05, 4.69) is 16.0 Å². The SMILES string of the molecule is COc1ccc([C@H](NC(=O)[C@@H](COCc2ccccc2)NC(=O)c2cccc(Cl)c2)C(=O)N[C@H](C(=O)C(F)(F)F)C(C)C)cc1. The first-order valence-electron chi connectivity index (χ1n) is 13.8. The number of hydrogen-bond donors (Lipinski definition) is 3. The predicted octanol–water partition coefficient (Wildman–Crippen LogP) is 4.79. The molecule has 3 amide bonds. The fourth-order valence-electron chi connectivity index (χ4n) is 4.21. The van der Waals surface area contributed by atoms with Crippen LogP contribution in [0.3, 0.4) is 0 Å². The Kier molecular flexibility index (Phi) is 12.5. The van der Waals surface area contributed by atoms with E-state index in [1.165, 1.54) is 57.4 Å². The molecular weight excluding hydrogens is 615 g/mol. The lowest BCUT2D eigenvalue weighted by Crippen LogP contribution is -2.55. The van der Waals surface area contributed by atoms with Gasteiger partial charge in [-0.15, -0.1) is 0 Å². The van der Waals surface area contributed by atoms with Crippen molar-refractivity contribution >= 4 is 35.1 Å². The summed E-state index contributed by atoms with van der Waals surface area (Å²) in [5.41, 5.74) is 1.12. The molecule has 0 fully saturated rings. The second-order valence-electron chi connectivity index (χ2n) is 10.3. The molecule has 13 heteroatoms. The molecule has 3 rings (SSSR count). The Hall–Kier alpha value is -4.42. The maximum absolute atomic E-state index is 13.7. The summed E-state index contributed by atoms with van der Waals surface area (Å²) in [6.45, 7) is 2.46. The molecule has 0 unspecified atom stereocenters. The van der Waals surface area contributed by atoms with Crippen molar-refractivity contribution in [2.45, 2.75) is 44.8 Å². The summed E-state index contributed by atoms with van der Waals surface area (Å²) in [6, 6.07) is 16.0. The second kappa shape index (κ2) is 16.1. The first-order chi connectivity index (χ1) is 21.3. The van der Waals surface area contributed by atoms with Gasteiger partial charge in [0.1, 0.15) is 17.8 Å². The van der Waals surface area contributed by atoms with Crippen molar-refractivity contribution in [2.75, 3.05) is 13.7 Å². The number of halogens is 4. The smallest absolute Gasteiger partial charge is 0.452 e. The predicted molar refractivity (Wildman–Crippen MR) is 161 cm³/mol. The zero-order valence-electron chi connectivity index (χ0n) is 24.7. The number of methoxy groups -OCH3 is 1. The van der Waals surface area contributed by atoms with Gasteiger partial charge < -0.3 is 25.4 Å². The van der Waals surface area contributed by atoms with Crippen LogP contribution in [0.25, 0.3) is 0 Å². The van der Waals surface area contributed by atoms with Crippen molar-refractivity contribution < 1.29 is 41.8 Å². The minimum Gasteiger partial charge on any atom is -0.497 e. The summed E-state index contributed by atoms with van der Waals surface area (Å²) < 4.78 is 50.8. The molecule has 3 aromatic carbocycles. The van der Waals surface area contributed by atoms with Crippen LogP contribution in [-0.4, -0.2) is 55.5 Å². The van der Waals surface area contributed by atoms with Crippen LogP contribution in [0, 0.1) is 5.92 Å². The molecular formula is C32H33ClF3N3O6. The topological polar surface area (TPSA) is 123 Å². The van der Waals surface area contributed by atoms with E-state index in [1.807, 2.05) is 6.07 Å². The fourth-order valence-corrected chi connectivity index (χ4v) is 4.40. The van der Waals surface area contributed by atoms with Crippen LogP contribution in [0.2, 0.25) is 5.02 Å². The minimum absolute atomic E-state index is 0.0929. The number of carbonyl (C=O) groups excluding carboxylic acids is 4. The Morgan fingerprint density at radius 1 is 0.844 bits per heavy atom. The van der Waals surface area contributed by atoms with Gasteiger partial charge in [0, 0.05) is 10.6 Å². The zero-order valence-corrected chi connectivity index (χ0v) is 25.4. The van der Waals surface area contributed by atoms with E-state index in [-0.39, 0.29) is 29.4 Å². The highest BCUT2D eigenvalue weighted by atomic mass is 35.5. The molecule has 0 bridgehead atoms. The third-order valence-electron chi connectivity index (χ3n) is 6.63. The monoisotopic (exact) mass is 647 g/mol. The molecule has 240 valence electrons. The number of rotatable bonds is 14. The van der Waals surface area contributed by atoms with Gasteiger partial charge in [0.2, 0.25) is 11.8 Å². The molecule has 45 heavy (non-hydrogen) atoms. The van der Waals surface area contributed by atoms with E-state index in [1.54, 1.807) is 36.4 Å². The fraction of sp³-hybridized carbons (Fsp3) is 0.312. The highest BCUT2D eigenvalue weighted by Gasteiger charge is 2.45. The molecule has 0 heterocycles. The number of Topliss-reactive ketones (excluding diaryl/α,β-unsaturated/α-hetero) is 1. The molecule has 0 saturated carbocycles. The van der Waals surface area contributed by atoms with Crippen LogP contribution in [0.5, 0.6) is 5.75 Å². The second-order valence-corrected chi connectivity index (χ2v) is 10.8. The standard InChI is InChI=1S/C32H33ClF3N3O6/c1-19(2)26(28(40)32(34,35)36)38-31(43)27(21-12-14-24(44-3)15-13-21)39-30(42)25(18-45-17-20-8-5-4-6-9-20)37-29(41)22-10-7-11-23(33)16-22/h4-16,19,25-27H,17-18H2,1-3H3,(H,37,41)(H,38,43)(H,39,42)/t25-,26+,27+/m1/s1. The van der Waals surface area contributed by atoms with Gasteiger partial charge in [-0.05, 0) is 47.4 Å². The van der Waals surface area contributed by atoms with Gasteiger partial charge in [-0.25, -0.2) is 0 Å². The quantitative estimate of drug-likeness (QED) is 0.231. The molecule has 9 nitrogen and oxygen atoms in total. The summed E-state index contributed by atoms with van der Waals surface area (Å²) in [7, 11) is 1.42. The lowest BCUT2D eigenvalue weighted by atomic mass is 9.97. The van der Waals surface area contributed by atoms with Gasteiger partial charge in [0.15, 0.2) is 0 Å². The van der Waals surface area contributed by atoms with Gasteiger partial charge in [0.05, 0.1) is 26.4 Å². The zero-order chi connectivity index (χ0) is 33.1. The van der Waals surface area contributed by atoms with Gasteiger partial charge in [0.25, 0.3) is 11.7 Å². The van der Waals surface area contributed by atoms with Crippen LogP contribution in [0.15, 0.2) is 78.9 Å². The Morgan fingerprint density at radius 3 is 2.09 bits per heavy atom. The highest BCUT2D eigenvalue weighted by Crippen LogP contribution is 2.23. The van der Waals surface area contributed by atoms with Crippen molar-refractivity contribution in [3.8, 4) is 5.75 Å². The first kappa shape index (κ1) is 35.1. The molecule has 3 aromatic rings. The van der Waals surface area contributed by atoms with E-state index >= 15 is 0 Å². The maximum atomic E-state index is 13.7. The summed E-state index contributed by atoms with van der Waals surface area (Å²) in [6.07, 6.45) is -5.20. The molecule has 0 radical (unpaired) electrons. The number of ether oxygens (including phenoxy) is 2. The van der Waals surface area contributed by atoms with E-state index in [0.29, 0.717) is 5.75 Å². The van der Waals surface area contributed by atoms with Crippen LogP contribution < -0.4 is 20.7 Å². The van der Waals surface area contributed by atoms with Gasteiger partial charge in [-0.1, -0.05) is 74.0 Å². The van der Waals surface area contributed by atoms with Crippen LogP contribution in [0.4, 0.5) is 13.2 Å². The van der Waals surface area contributed by atoms with Crippen LogP contribution in [0.1, 0.15) is 41.4 Å². The van der Waals surface area contributed by atoms with E-state index in [9.17, 15) is 32.3 Å². The first-order valence-corrected chi connectivity index (χ1v) is 14.2. The average molecular weight is 648 g/mol. The van der Waals surface area contributed by atoms with E-state index < -0.39 is 53.7 Å². The maximum Gasteiger partial charge on any atom is 0.452 e. The Bertz CT molecular complexity index is 1470. The third-order valence-corrected chi connectivity index (χ3v) is 6.86. The number of ketones is 1. The Labute approximate surface area is 263 Å². The van der Waals surface area contributed by atoms with Gasteiger partial charge >= 0.3 is 6.18 Å². The normalized spacial score (nSPS) is 13.3. The summed E-state index contributed by atoms with van der Waals surface area (Å²) in [5, 5.41) is 7.50. The minimum atomic E-state index is -5.20. The highest BCUT2D eigenvalue weighted by molar-refractivity contribution is 6.31. The number of amides is 3. The van der Waals surface area contributed by atoms with Crippen LogP contribution in [-0.2, 0) is 25.7 Å². The van der Waals surface area contributed by atoms with E-state index in [4.69, 9.17) is 21.1 Å². The molecule has 3 atom stereocenters. The summed E-state index contributed by atoms with van der Waals surface area (Å²) in [4.78, 5) is 52.3.